The number of phosphoric ester groups is 1. The van der Waals surface area contributed by atoms with E-state index in [1.807, 2.05) is 36.5 Å². The normalized spacial score (nSPS) is 12.6. The molecule has 0 bridgehead atoms. The van der Waals surface area contributed by atoms with Gasteiger partial charge in [0, 0.05) is 57.0 Å². The molecule has 2 aromatic heterocycles. The first kappa shape index (κ1) is 63.1. The zero-order valence-corrected chi connectivity index (χ0v) is 45.8. The first-order valence-electron chi connectivity index (χ1n) is 28.4. The predicted molar refractivity (Wildman–Crippen MR) is 283 cm³/mol. The molecule has 3 rings (SSSR count). The number of ether oxygens (including phenoxy) is 2. The number of carbonyl (C=O) groups excluding carboxylic acids is 3. The van der Waals surface area contributed by atoms with E-state index < -0.39 is 32.5 Å². The molecular weight excluding hydrogens is 948 g/mol. The molecule has 2 atom stereocenters. The number of carbonyl (C=O) groups is 3. The molecule has 0 saturated carbocycles. The van der Waals surface area contributed by atoms with Crippen molar-refractivity contribution in [1.29, 1.82) is 0 Å². The van der Waals surface area contributed by atoms with Gasteiger partial charge in [-0.1, -0.05) is 210 Å². The topological polar surface area (TPSA) is 223 Å². The summed E-state index contributed by atoms with van der Waals surface area (Å²) in [4.78, 5) is 50.6. The molecule has 18 heteroatoms. The lowest BCUT2D eigenvalue weighted by molar-refractivity contribution is -0.228. The molecule has 1 aromatic carbocycles. The first-order chi connectivity index (χ1) is 35.7. The molecule has 0 saturated heterocycles. The number of amides is 1. The molecule has 2 heterocycles. The fourth-order valence-corrected chi connectivity index (χ4v) is 9.17. The van der Waals surface area contributed by atoms with Crippen molar-refractivity contribution in [2.45, 2.75) is 245 Å². The van der Waals surface area contributed by atoms with Crippen LogP contribution in [-0.4, -0.2) is 85.7 Å². The van der Waals surface area contributed by atoms with Crippen molar-refractivity contribution < 1.29 is 42.4 Å². The highest BCUT2D eigenvalue weighted by molar-refractivity contribution is 7.45. The number of nitrogens with zero attached hydrogens (tertiary/aromatic N) is 7. The summed E-state index contributed by atoms with van der Waals surface area (Å²) in [7, 11) is -4.84. The fourth-order valence-electron chi connectivity index (χ4n) is 8.43. The van der Waals surface area contributed by atoms with Gasteiger partial charge in [0.2, 0.25) is 11.7 Å². The quantitative estimate of drug-likeness (QED) is 0.0315. The van der Waals surface area contributed by atoms with Gasteiger partial charge in [0.05, 0.1) is 18.9 Å². The van der Waals surface area contributed by atoms with E-state index in [1.54, 1.807) is 4.68 Å². The Bertz CT molecular complexity index is 1890. The summed E-state index contributed by atoms with van der Waals surface area (Å²) in [5.74, 6) is -0.155. The molecule has 412 valence electrons. The summed E-state index contributed by atoms with van der Waals surface area (Å²) in [6, 6.07) is 9.55. The molecule has 0 aliphatic rings. The maximum absolute atomic E-state index is 12.8. The highest BCUT2D eigenvalue weighted by Crippen LogP contribution is 2.38. The number of aryl methyl sites for hydroxylation is 3. The minimum atomic E-state index is -4.84. The number of aromatic nitrogens is 7. The molecule has 0 aliphatic heterocycles. The second-order valence-electron chi connectivity index (χ2n) is 19.5. The van der Waals surface area contributed by atoms with E-state index in [2.05, 4.69) is 49.9 Å². The highest BCUT2D eigenvalue weighted by atomic mass is 31.2. The second kappa shape index (κ2) is 42.1. The van der Waals surface area contributed by atoms with Crippen molar-refractivity contribution in [2.24, 2.45) is 0 Å². The standard InChI is InChI=1S/C55H93N8O9P/c1-3-5-7-9-11-13-15-17-19-21-23-25-32-38-53(65)69-46-50(72-54(66)39-33-26-24-22-20-18-16-14-12-10-8-6-4-2)47-71-73(67,68)70-44-42-56-52(64)37-31-28-34-43-63-45-49(57-62-63)40-41-51-58-60-55(61-59-51)48-35-29-27-30-36-48/h27,29-30,35-36,45,50H,3-26,28,31-34,37-44,46-47H2,1-2H3,(H,56,64)(H,67,68)/p-1/t50-/m1/s1. The van der Waals surface area contributed by atoms with Crippen LogP contribution in [0.25, 0.3) is 11.4 Å². The number of hydrogen-bond donors (Lipinski definition) is 1. The summed E-state index contributed by atoms with van der Waals surface area (Å²) in [6.45, 7) is 3.86. The second-order valence-corrected chi connectivity index (χ2v) is 20.9. The van der Waals surface area contributed by atoms with Crippen molar-refractivity contribution in [3.63, 3.8) is 0 Å². The van der Waals surface area contributed by atoms with Crippen molar-refractivity contribution in [2.75, 3.05) is 26.4 Å². The molecule has 0 spiro atoms. The van der Waals surface area contributed by atoms with Crippen LogP contribution in [0.3, 0.4) is 0 Å². The van der Waals surface area contributed by atoms with E-state index in [0.29, 0.717) is 50.3 Å². The number of esters is 2. The summed E-state index contributed by atoms with van der Waals surface area (Å²) < 4.78 is 35.5. The molecular formula is C55H92N8O9P-. The summed E-state index contributed by atoms with van der Waals surface area (Å²) in [5, 5.41) is 27.9. The minimum absolute atomic E-state index is 0.0428. The van der Waals surface area contributed by atoms with Crippen LogP contribution in [0.1, 0.15) is 231 Å². The number of benzene rings is 1. The molecule has 0 radical (unpaired) electrons. The van der Waals surface area contributed by atoms with Crippen LogP contribution in [0.4, 0.5) is 0 Å². The van der Waals surface area contributed by atoms with Crippen molar-refractivity contribution >= 4 is 25.7 Å². The first-order valence-corrected chi connectivity index (χ1v) is 29.9. The number of nitrogens with one attached hydrogen (secondary N) is 1. The third-order valence-electron chi connectivity index (χ3n) is 12.8. The molecule has 0 fully saturated rings. The molecule has 1 amide bonds. The van der Waals surface area contributed by atoms with Gasteiger partial charge in [-0.3, -0.25) is 23.6 Å². The highest BCUT2D eigenvalue weighted by Gasteiger charge is 2.21. The van der Waals surface area contributed by atoms with Gasteiger partial charge in [-0.2, -0.15) is 0 Å². The molecule has 0 aliphatic carbocycles. The Labute approximate surface area is 437 Å². The van der Waals surface area contributed by atoms with E-state index in [4.69, 9.17) is 18.5 Å². The monoisotopic (exact) mass is 1040 g/mol. The minimum Gasteiger partial charge on any atom is -0.756 e. The lowest BCUT2D eigenvalue weighted by Gasteiger charge is -2.25. The van der Waals surface area contributed by atoms with Crippen molar-refractivity contribution in [3.8, 4) is 11.4 Å². The maximum Gasteiger partial charge on any atom is 0.306 e. The van der Waals surface area contributed by atoms with Gasteiger partial charge in [-0.15, -0.1) is 25.5 Å². The van der Waals surface area contributed by atoms with Crippen LogP contribution in [0.5, 0.6) is 0 Å². The Hall–Kier alpha value is -4.18. The van der Waals surface area contributed by atoms with Crippen LogP contribution >= 0.6 is 7.82 Å². The lowest BCUT2D eigenvalue weighted by atomic mass is 10.0. The molecule has 1 N–H and O–H groups in total. The van der Waals surface area contributed by atoms with Crippen molar-refractivity contribution in [1.82, 2.24) is 40.7 Å². The van der Waals surface area contributed by atoms with Crippen LogP contribution in [0.2, 0.25) is 0 Å². The average Bonchev–Trinajstić information content (AvgIpc) is 3.86. The zero-order chi connectivity index (χ0) is 52.3. The van der Waals surface area contributed by atoms with E-state index in [-0.39, 0.29) is 44.9 Å². The molecule has 17 nitrogen and oxygen atoms in total. The maximum atomic E-state index is 12.8. The number of unbranched alkanes of at least 4 members (excludes halogenated alkanes) is 26. The Morgan fingerprint density at radius 2 is 1.10 bits per heavy atom. The fraction of sp³-hybridized carbons (Fsp3) is 0.764. The van der Waals surface area contributed by atoms with Gasteiger partial charge < -0.3 is 28.7 Å². The summed E-state index contributed by atoms with van der Waals surface area (Å²) >= 11 is 0. The van der Waals surface area contributed by atoms with Gasteiger partial charge in [-0.25, -0.2) is 0 Å². The van der Waals surface area contributed by atoms with Crippen LogP contribution in [-0.2, 0) is 56.9 Å². The molecule has 73 heavy (non-hydrogen) atoms. The van der Waals surface area contributed by atoms with Gasteiger partial charge in [-0.05, 0) is 25.7 Å². The van der Waals surface area contributed by atoms with E-state index >= 15 is 0 Å². The third kappa shape index (κ3) is 34.1. The van der Waals surface area contributed by atoms with E-state index in [1.165, 1.54) is 116 Å². The van der Waals surface area contributed by atoms with Crippen LogP contribution < -0.4 is 10.2 Å². The Morgan fingerprint density at radius 3 is 1.66 bits per heavy atom. The van der Waals surface area contributed by atoms with Crippen LogP contribution in [0, 0.1) is 0 Å². The Balaban J connectivity index is 1.28. The van der Waals surface area contributed by atoms with Gasteiger partial charge >= 0.3 is 11.9 Å². The van der Waals surface area contributed by atoms with E-state index in [9.17, 15) is 23.8 Å². The average molecular weight is 1040 g/mol. The predicted octanol–water partition coefficient (Wildman–Crippen LogP) is 11.9. The smallest absolute Gasteiger partial charge is 0.306 e. The number of hydrogen-bond acceptors (Lipinski definition) is 15. The van der Waals surface area contributed by atoms with Crippen LogP contribution in [0.15, 0.2) is 36.5 Å². The van der Waals surface area contributed by atoms with Gasteiger partial charge in [0.25, 0.3) is 7.82 Å². The SMILES string of the molecule is CCCCCCCCCCCCCCCC(=O)OC[C@H](COP(=O)([O-])OCCNC(=O)CCCCCn1cc(CCc2nnc(-c3ccccc3)nn2)nn1)OC(=O)CCCCCCCCCCCCCCC. The largest absolute Gasteiger partial charge is 0.756 e. The van der Waals surface area contributed by atoms with E-state index in [0.717, 1.165) is 62.6 Å². The Morgan fingerprint density at radius 1 is 0.589 bits per heavy atom. The van der Waals surface area contributed by atoms with Gasteiger partial charge in [0.1, 0.15) is 6.61 Å². The molecule has 3 aromatic rings. The van der Waals surface area contributed by atoms with Gasteiger partial charge in [0.15, 0.2) is 11.9 Å². The summed E-state index contributed by atoms with van der Waals surface area (Å²) in [6.07, 6.45) is 35.7. The van der Waals surface area contributed by atoms with Crippen molar-refractivity contribution in [3.05, 3.63) is 48.0 Å². The lowest BCUT2D eigenvalue weighted by Crippen LogP contribution is -2.31. The number of phosphoric acid groups is 1. The Kier molecular flexibility index (Phi) is 36.4. The molecule has 1 unspecified atom stereocenters. The third-order valence-corrected chi connectivity index (χ3v) is 13.8. The number of rotatable bonds is 48. The zero-order valence-electron chi connectivity index (χ0n) is 44.9. The summed E-state index contributed by atoms with van der Waals surface area (Å²) in [5.41, 5.74) is 1.66.